The van der Waals surface area contributed by atoms with E-state index in [0.717, 1.165) is 19.3 Å². The number of amides is 2. The minimum absolute atomic E-state index is 0.0530. The van der Waals surface area contributed by atoms with Gasteiger partial charge in [-0.05, 0) is 30.2 Å². The summed E-state index contributed by atoms with van der Waals surface area (Å²) in [4.78, 5) is 22.0. The monoisotopic (exact) mass is 290 g/mol. The molecule has 1 aliphatic carbocycles. The predicted octanol–water partition coefficient (Wildman–Crippen LogP) is 2.17. The number of carboxylic acids is 1. The average Bonchev–Trinajstić information content (AvgIpc) is 2.42. The molecule has 1 fully saturated rings. The zero-order chi connectivity index (χ0) is 15.1. The standard InChI is InChI=1S/C16H22N2O3/c19-14(20)7-10-17-15(21)18-12-16(8-4-9-16)11-13-5-2-1-3-6-13/h1-3,5-6H,4,7-12H2,(H,19,20)(H2,17,18,21). The zero-order valence-electron chi connectivity index (χ0n) is 12.1. The Kier molecular flexibility index (Phi) is 5.20. The van der Waals surface area contributed by atoms with Crippen molar-refractivity contribution >= 4 is 12.0 Å². The molecule has 0 atom stereocenters. The highest BCUT2D eigenvalue weighted by atomic mass is 16.4. The van der Waals surface area contributed by atoms with Gasteiger partial charge in [0, 0.05) is 13.1 Å². The number of hydrogen-bond donors (Lipinski definition) is 3. The number of carbonyl (C=O) groups excluding carboxylic acids is 1. The van der Waals surface area contributed by atoms with Crippen LogP contribution in [0.2, 0.25) is 0 Å². The highest BCUT2D eigenvalue weighted by Crippen LogP contribution is 2.43. The van der Waals surface area contributed by atoms with Crippen LogP contribution in [0.3, 0.4) is 0 Å². The lowest BCUT2D eigenvalue weighted by Crippen LogP contribution is -2.47. The molecule has 5 heteroatoms. The molecule has 0 aromatic heterocycles. The number of carbonyl (C=O) groups is 2. The molecule has 0 aliphatic heterocycles. The summed E-state index contributed by atoms with van der Waals surface area (Å²) < 4.78 is 0. The first-order valence-electron chi connectivity index (χ1n) is 7.37. The van der Waals surface area contributed by atoms with Gasteiger partial charge in [0.1, 0.15) is 0 Å². The van der Waals surface area contributed by atoms with Crippen LogP contribution in [-0.2, 0) is 11.2 Å². The van der Waals surface area contributed by atoms with Crippen LogP contribution in [0, 0.1) is 5.41 Å². The highest BCUT2D eigenvalue weighted by molar-refractivity contribution is 5.75. The van der Waals surface area contributed by atoms with Gasteiger partial charge < -0.3 is 15.7 Å². The van der Waals surface area contributed by atoms with Gasteiger partial charge in [-0.2, -0.15) is 0 Å². The molecule has 1 aromatic rings. The van der Waals surface area contributed by atoms with Crippen molar-refractivity contribution in [1.82, 2.24) is 10.6 Å². The van der Waals surface area contributed by atoms with Gasteiger partial charge in [0.05, 0.1) is 6.42 Å². The molecular formula is C16H22N2O3. The van der Waals surface area contributed by atoms with E-state index in [1.165, 1.54) is 12.0 Å². The van der Waals surface area contributed by atoms with Crippen molar-refractivity contribution in [3.63, 3.8) is 0 Å². The summed E-state index contributed by atoms with van der Waals surface area (Å²) in [5.74, 6) is -0.908. The first kappa shape index (κ1) is 15.4. The average molecular weight is 290 g/mol. The molecule has 1 saturated carbocycles. The maximum atomic E-state index is 11.6. The summed E-state index contributed by atoms with van der Waals surface area (Å²) in [6.45, 7) is 0.799. The van der Waals surface area contributed by atoms with Gasteiger partial charge in [-0.3, -0.25) is 4.79 Å². The van der Waals surface area contributed by atoms with E-state index in [2.05, 4.69) is 22.8 Å². The molecule has 114 valence electrons. The molecule has 1 aliphatic rings. The minimum atomic E-state index is -0.908. The van der Waals surface area contributed by atoms with E-state index < -0.39 is 5.97 Å². The summed E-state index contributed by atoms with van der Waals surface area (Å²) in [7, 11) is 0. The first-order valence-corrected chi connectivity index (χ1v) is 7.37. The Morgan fingerprint density at radius 3 is 2.43 bits per heavy atom. The normalized spacial score (nSPS) is 15.8. The summed E-state index contributed by atoms with van der Waals surface area (Å²) in [5.41, 5.74) is 1.45. The maximum Gasteiger partial charge on any atom is 0.314 e. The van der Waals surface area contributed by atoms with Crippen molar-refractivity contribution in [3.8, 4) is 0 Å². The molecular weight excluding hydrogens is 268 g/mol. The summed E-state index contributed by atoms with van der Waals surface area (Å²) in [6, 6.07) is 10.0. The van der Waals surface area contributed by atoms with E-state index in [9.17, 15) is 9.59 Å². The van der Waals surface area contributed by atoms with Gasteiger partial charge in [-0.25, -0.2) is 4.79 Å². The minimum Gasteiger partial charge on any atom is -0.481 e. The number of aliphatic carboxylic acids is 1. The van der Waals surface area contributed by atoms with E-state index in [1.54, 1.807) is 0 Å². The van der Waals surface area contributed by atoms with Gasteiger partial charge in [0.25, 0.3) is 0 Å². The number of urea groups is 1. The first-order chi connectivity index (χ1) is 10.1. The van der Waals surface area contributed by atoms with Crippen LogP contribution in [0.1, 0.15) is 31.2 Å². The van der Waals surface area contributed by atoms with Crippen molar-refractivity contribution in [2.45, 2.75) is 32.1 Å². The van der Waals surface area contributed by atoms with Crippen LogP contribution < -0.4 is 10.6 Å². The molecule has 0 spiro atoms. The highest BCUT2D eigenvalue weighted by Gasteiger charge is 2.37. The van der Waals surface area contributed by atoms with Crippen molar-refractivity contribution < 1.29 is 14.7 Å². The van der Waals surface area contributed by atoms with Crippen molar-refractivity contribution in [1.29, 1.82) is 0 Å². The number of rotatable bonds is 7. The van der Waals surface area contributed by atoms with Gasteiger partial charge in [0.2, 0.25) is 0 Å². The Balaban J connectivity index is 1.77. The smallest absolute Gasteiger partial charge is 0.314 e. The molecule has 0 radical (unpaired) electrons. The fourth-order valence-electron chi connectivity index (χ4n) is 2.73. The second kappa shape index (κ2) is 7.11. The molecule has 0 saturated heterocycles. The van der Waals surface area contributed by atoms with Crippen LogP contribution in [0.25, 0.3) is 0 Å². The second-order valence-electron chi connectivity index (χ2n) is 5.77. The van der Waals surface area contributed by atoms with Crippen LogP contribution in [0.15, 0.2) is 30.3 Å². The van der Waals surface area contributed by atoms with E-state index in [1.807, 2.05) is 18.2 Å². The molecule has 0 unspecified atom stereocenters. The van der Waals surface area contributed by atoms with Crippen molar-refractivity contribution in [2.24, 2.45) is 5.41 Å². The predicted molar refractivity (Wildman–Crippen MR) is 80.1 cm³/mol. The van der Waals surface area contributed by atoms with Gasteiger partial charge >= 0.3 is 12.0 Å². The van der Waals surface area contributed by atoms with Crippen LogP contribution in [-0.4, -0.2) is 30.2 Å². The maximum absolute atomic E-state index is 11.6. The van der Waals surface area contributed by atoms with E-state index in [0.29, 0.717) is 6.54 Å². The zero-order valence-corrected chi connectivity index (χ0v) is 12.1. The van der Waals surface area contributed by atoms with Gasteiger partial charge in [-0.1, -0.05) is 36.8 Å². The SMILES string of the molecule is O=C(O)CCNC(=O)NCC1(Cc2ccccc2)CCC1. The van der Waals surface area contributed by atoms with Gasteiger partial charge in [0.15, 0.2) is 0 Å². The Labute approximate surface area is 124 Å². The fraction of sp³-hybridized carbons (Fsp3) is 0.500. The molecule has 5 nitrogen and oxygen atoms in total. The van der Waals surface area contributed by atoms with Crippen molar-refractivity contribution in [2.75, 3.05) is 13.1 Å². The molecule has 21 heavy (non-hydrogen) atoms. The Bertz CT molecular complexity index is 484. The topological polar surface area (TPSA) is 78.4 Å². The third kappa shape index (κ3) is 4.77. The lowest BCUT2D eigenvalue weighted by Gasteiger charge is -2.42. The van der Waals surface area contributed by atoms with Crippen LogP contribution >= 0.6 is 0 Å². The second-order valence-corrected chi connectivity index (χ2v) is 5.77. The van der Waals surface area contributed by atoms with Gasteiger partial charge in [-0.15, -0.1) is 0 Å². The Morgan fingerprint density at radius 1 is 1.14 bits per heavy atom. The van der Waals surface area contributed by atoms with Crippen LogP contribution in [0.5, 0.6) is 0 Å². The van der Waals surface area contributed by atoms with E-state index in [-0.39, 0.29) is 24.4 Å². The third-order valence-electron chi connectivity index (χ3n) is 4.08. The molecule has 2 rings (SSSR count). The van der Waals surface area contributed by atoms with E-state index >= 15 is 0 Å². The lowest BCUT2D eigenvalue weighted by molar-refractivity contribution is -0.136. The molecule has 3 N–H and O–H groups in total. The lowest BCUT2D eigenvalue weighted by atomic mass is 9.65. The Hall–Kier alpha value is -2.04. The summed E-state index contributed by atoms with van der Waals surface area (Å²) >= 11 is 0. The van der Waals surface area contributed by atoms with E-state index in [4.69, 9.17) is 5.11 Å². The number of nitrogens with one attached hydrogen (secondary N) is 2. The molecule has 0 bridgehead atoms. The quantitative estimate of drug-likeness (QED) is 0.720. The summed E-state index contributed by atoms with van der Waals surface area (Å²) in [5, 5.41) is 14.0. The van der Waals surface area contributed by atoms with Crippen molar-refractivity contribution in [3.05, 3.63) is 35.9 Å². The molecule has 2 amide bonds. The van der Waals surface area contributed by atoms with Crippen LogP contribution in [0.4, 0.5) is 4.79 Å². The third-order valence-corrected chi connectivity index (χ3v) is 4.08. The Morgan fingerprint density at radius 2 is 1.86 bits per heavy atom. The fourth-order valence-corrected chi connectivity index (χ4v) is 2.73. The molecule has 1 aromatic carbocycles. The summed E-state index contributed by atoms with van der Waals surface area (Å²) in [6.07, 6.45) is 4.37. The molecule has 0 heterocycles. The largest absolute Gasteiger partial charge is 0.481 e. The number of benzene rings is 1. The number of carboxylic acid groups (broad SMARTS) is 1. The number of hydrogen-bond acceptors (Lipinski definition) is 2.